The Morgan fingerprint density at radius 3 is 2.77 bits per heavy atom. The van der Waals surface area contributed by atoms with Gasteiger partial charge < -0.3 is 14.2 Å². The molecular weight excluding hydrogens is 328 g/mol. The third kappa shape index (κ3) is 3.38. The monoisotopic (exact) mass is 346 g/mol. The van der Waals surface area contributed by atoms with Crippen molar-refractivity contribution in [1.29, 1.82) is 5.26 Å². The van der Waals surface area contributed by atoms with E-state index in [4.69, 9.17) is 14.5 Å². The molecule has 0 spiro atoms. The van der Waals surface area contributed by atoms with Gasteiger partial charge in [0.25, 0.3) is 5.89 Å². The second-order valence-electron chi connectivity index (χ2n) is 6.26. The minimum Gasteiger partial charge on any atom is -0.488 e. The van der Waals surface area contributed by atoms with Crippen molar-refractivity contribution in [3.8, 4) is 23.4 Å². The molecule has 1 aliphatic heterocycles. The van der Waals surface area contributed by atoms with Crippen LogP contribution in [-0.4, -0.2) is 28.1 Å². The summed E-state index contributed by atoms with van der Waals surface area (Å²) in [5, 5.41) is 13.1. The molecular formula is C20H18N4O2. The molecule has 0 aliphatic carbocycles. The van der Waals surface area contributed by atoms with Crippen LogP contribution in [-0.2, 0) is 6.61 Å². The minimum atomic E-state index is 0.129. The molecule has 1 aliphatic rings. The zero-order chi connectivity index (χ0) is 17.8. The predicted octanol–water partition coefficient (Wildman–Crippen LogP) is 3.59. The molecule has 2 aromatic carbocycles. The smallest absolute Gasteiger partial charge is 0.261 e. The molecule has 6 nitrogen and oxygen atoms in total. The lowest BCUT2D eigenvalue weighted by molar-refractivity contribution is 0.306. The Bertz CT molecular complexity index is 917. The molecule has 1 atom stereocenters. The van der Waals surface area contributed by atoms with Gasteiger partial charge in [-0.2, -0.15) is 10.2 Å². The van der Waals surface area contributed by atoms with E-state index >= 15 is 0 Å². The molecule has 2 heterocycles. The maximum absolute atomic E-state index is 9.00. The summed E-state index contributed by atoms with van der Waals surface area (Å²) in [7, 11) is 0. The molecule has 1 fully saturated rings. The van der Waals surface area contributed by atoms with Crippen LogP contribution in [0.5, 0.6) is 5.75 Å². The zero-order valence-corrected chi connectivity index (χ0v) is 14.2. The number of likely N-dealkylation sites (tertiary alicyclic amines) is 1. The fourth-order valence-electron chi connectivity index (χ4n) is 3.08. The minimum absolute atomic E-state index is 0.129. The van der Waals surface area contributed by atoms with Gasteiger partial charge in [0.2, 0.25) is 0 Å². The Kier molecular flexibility index (Phi) is 4.52. The third-order valence-corrected chi connectivity index (χ3v) is 4.49. The Morgan fingerprint density at radius 2 is 1.96 bits per heavy atom. The molecule has 1 saturated heterocycles. The molecule has 4 rings (SSSR count). The summed E-state index contributed by atoms with van der Waals surface area (Å²) < 4.78 is 11.4. The van der Waals surface area contributed by atoms with Crippen LogP contribution in [0.2, 0.25) is 0 Å². The lowest BCUT2D eigenvalue weighted by Crippen LogP contribution is -2.13. The van der Waals surface area contributed by atoms with Crippen LogP contribution in [0, 0.1) is 11.5 Å². The highest BCUT2D eigenvalue weighted by molar-refractivity contribution is 5.62. The van der Waals surface area contributed by atoms with Gasteiger partial charge in [-0.3, -0.25) is 0 Å². The molecule has 130 valence electrons. The van der Waals surface area contributed by atoms with E-state index in [9.17, 15) is 0 Å². The summed E-state index contributed by atoms with van der Waals surface area (Å²) in [6.07, 6.45) is 3.03. The molecule has 0 saturated carbocycles. The van der Waals surface area contributed by atoms with E-state index in [0.29, 0.717) is 30.6 Å². The number of ether oxygens (including phenoxy) is 1. The quantitative estimate of drug-likeness (QED) is 0.657. The van der Waals surface area contributed by atoms with Crippen LogP contribution in [0.4, 0.5) is 0 Å². The largest absolute Gasteiger partial charge is 0.488 e. The molecule has 6 heteroatoms. The van der Waals surface area contributed by atoms with Crippen molar-refractivity contribution in [3.05, 3.63) is 66.0 Å². The summed E-state index contributed by atoms with van der Waals surface area (Å²) in [6.45, 7) is 1.85. The Morgan fingerprint density at radius 1 is 1.15 bits per heavy atom. The SMILES string of the molecule is N#CN1CCC(c2noc(-c3ccccc3OCc3ccccc3)n2)C1. The maximum atomic E-state index is 9.00. The van der Waals surface area contributed by atoms with Gasteiger partial charge in [0.1, 0.15) is 12.4 Å². The van der Waals surface area contributed by atoms with Crippen molar-refractivity contribution < 1.29 is 9.26 Å². The molecule has 3 aromatic rings. The van der Waals surface area contributed by atoms with E-state index in [1.807, 2.05) is 54.6 Å². The van der Waals surface area contributed by atoms with E-state index < -0.39 is 0 Å². The van der Waals surface area contributed by atoms with E-state index in [2.05, 4.69) is 16.3 Å². The van der Waals surface area contributed by atoms with Crippen LogP contribution in [0.15, 0.2) is 59.1 Å². The first-order valence-corrected chi connectivity index (χ1v) is 8.58. The number of nitriles is 1. The first-order chi connectivity index (χ1) is 12.8. The van der Waals surface area contributed by atoms with Gasteiger partial charge in [0, 0.05) is 19.0 Å². The van der Waals surface area contributed by atoms with Crippen LogP contribution in [0.3, 0.4) is 0 Å². The fourth-order valence-corrected chi connectivity index (χ4v) is 3.08. The Hall–Kier alpha value is -3.33. The number of hydrogen-bond donors (Lipinski definition) is 0. The van der Waals surface area contributed by atoms with Crippen LogP contribution >= 0.6 is 0 Å². The average molecular weight is 346 g/mol. The topological polar surface area (TPSA) is 75.2 Å². The number of hydrogen-bond acceptors (Lipinski definition) is 6. The van der Waals surface area contributed by atoms with Crippen molar-refractivity contribution in [2.75, 3.05) is 13.1 Å². The number of rotatable bonds is 5. The summed E-state index contributed by atoms with van der Waals surface area (Å²) >= 11 is 0. The predicted molar refractivity (Wildman–Crippen MR) is 95.1 cm³/mol. The molecule has 0 N–H and O–H groups in total. The van der Waals surface area contributed by atoms with E-state index in [0.717, 1.165) is 24.1 Å². The van der Waals surface area contributed by atoms with E-state index in [-0.39, 0.29) is 5.92 Å². The summed E-state index contributed by atoms with van der Waals surface area (Å²) in [5.74, 6) is 1.93. The normalized spacial score (nSPS) is 16.4. The highest BCUT2D eigenvalue weighted by Gasteiger charge is 2.27. The summed E-state index contributed by atoms with van der Waals surface area (Å²) in [5.41, 5.74) is 1.87. The molecule has 0 amide bonds. The van der Waals surface area contributed by atoms with Crippen LogP contribution in [0.25, 0.3) is 11.5 Å². The van der Waals surface area contributed by atoms with Crippen molar-refractivity contribution in [1.82, 2.24) is 15.0 Å². The van der Waals surface area contributed by atoms with Crippen molar-refractivity contribution in [2.45, 2.75) is 18.9 Å². The number of nitrogens with zero attached hydrogens (tertiary/aromatic N) is 4. The van der Waals surface area contributed by atoms with Gasteiger partial charge >= 0.3 is 0 Å². The lowest BCUT2D eigenvalue weighted by atomic mass is 10.1. The molecule has 1 aromatic heterocycles. The van der Waals surface area contributed by atoms with E-state index in [1.165, 1.54) is 0 Å². The highest BCUT2D eigenvalue weighted by Crippen LogP contribution is 2.31. The van der Waals surface area contributed by atoms with Crippen molar-refractivity contribution in [3.63, 3.8) is 0 Å². The van der Waals surface area contributed by atoms with Gasteiger partial charge in [-0.05, 0) is 24.1 Å². The first-order valence-electron chi connectivity index (χ1n) is 8.58. The molecule has 0 radical (unpaired) electrons. The third-order valence-electron chi connectivity index (χ3n) is 4.49. The van der Waals surface area contributed by atoms with Gasteiger partial charge in [0.15, 0.2) is 12.0 Å². The standard InChI is InChI=1S/C20H18N4O2/c21-14-24-11-10-16(12-24)19-22-20(26-23-19)17-8-4-5-9-18(17)25-13-15-6-2-1-3-7-15/h1-9,16H,10-13H2. The summed E-state index contributed by atoms with van der Waals surface area (Å²) in [6, 6.07) is 17.6. The molecule has 1 unspecified atom stereocenters. The average Bonchev–Trinajstić information content (AvgIpc) is 3.36. The zero-order valence-electron chi connectivity index (χ0n) is 14.2. The second kappa shape index (κ2) is 7.28. The van der Waals surface area contributed by atoms with Crippen LogP contribution < -0.4 is 4.74 Å². The van der Waals surface area contributed by atoms with Crippen molar-refractivity contribution >= 4 is 0 Å². The fraction of sp³-hybridized carbons (Fsp3) is 0.250. The van der Waals surface area contributed by atoms with Gasteiger partial charge in [0.05, 0.1) is 5.56 Å². The van der Waals surface area contributed by atoms with Gasteiger partial charge in [-0.15, -0.1) is 0 Å². The number of para-hydroxylation sites is 1. The highest BCUT2D eigenvalue weighted by atomic mass is 16.5. The maximum Gasteiger partial charge on any atom is 0.261 e. The lowest BCUT2D eigenvalue weighted by Gasteiger charge is -2.09. The number of aromatic nitrogens is 2. The Labute approximate surface area is 151 Å². The first kappa shape index (κ1) is 16.2. The van der Waals surface area contributed by atoms with Gasteiger partial charge in [-0.25, -0.2) is 0 Å². The molecule has 26 heavy (non-hydrogen) atoms. The van der Waals surface area contributed by atoms with Gasteiger partial charge in [-0.1, -0.05) is 47.6 Å². The number of benzene rings is 2. The van der Waals surface area contributed by atoms with Crippen molar-refractivity contribution in [2.24, 2.45) is 0 Å². The molecule has 0 bridgehead atoms. The Balaban J connectivity index is 1.52. The van der Waals surface area contributed by atoms with E-state index in [1.54, 1.807) is 4.90 Å². The van der Waals surface area contributed by atoms with Crippen LogP contribution in [0.1, 0.15) is 23.7 Å². The second-order valence-corrected chi connectivity index (χ2v) is 6.26. The summed E-state index contributed by atoms with van der Waals surface area (Å²) in [4.78, 5) is 6.27.